The van der Waals surface area contributed by atoms with Gasteiger partial charge in [-0.15, -0.1) is 0 Å². The highest BCUT2D eigenvalue weighted by atomic mass is 35.5. The summed E-state index contributed by atoms with van der Waals surface area (Å²) in [5.74, 6) is 1.32. The second-order valence-corrected chi connectivity index (χ2v) is 6.04. The van der Waals surface area contributed by atoms with E-state index in [1.807, 2.05) is 24.3 Å². The van der Waals surface area contributed by atoms with Crippen molar-refractivity contribution < 1.29 is 4.52 Å². The Bertz CT molecular complexity index is 598. The van der Waals surface area contributed by atoms with Crippen molar-refractivity contribution in [2.45, 2.75) is 26.8 Å². The summed E-state index contributed by atoms with van der Waals surface area (Å²) in [6.07, 6.45) is 0.590. The van der Waals surface area contributed by atoms with E-state index >= 15 is 0 Å². The van der Waals surface area contributed by atoms with Crippen LogP contribution in [0.15, 0.2) is 28.8 Å². The molecule has 6 heteroatoms. The minimum absolute atomic E-state index is 0.590. The van der Waals surface area contributed by atoms with E-state index in [4.69, 9.17) is 16.1 Å². The molecule has 5 nitrogen and oxygen atoms in total. The molecule has 0 amide bonds. The van der Waals surface area contributed by atoms with Crippen LogP contribution in [0.4, 0.5) is 0 Å². The van der Waals surface area contributed by atoms with Crippen molar-refractivity contribution in [3.05, 3.63) is 46.6 Å². The number of benzene rings is 1. The van der Waals surface area contributed by atoms with E-state index in [1.54, 1.807) is 0 Å². The predicted octanol–water partition coefficient (Wildman–Crippen LogP) is 3.09. The molecule has 0 bridgehead atoms. The highest BCUT2D eigenvalue weighted by Gasteiger charge is 2.11. The molecule has 1 aromatic carbocycles. The molecule has 0 N–H and O–H groups in total. The second-order valence-electron chi connectivity index (χ2n) is 5.64. The lowest BCUT2D eigenvalue weighted by Crippen LogP contribution is -2.32. The average Bonchev–Trinajstić information content (AvgIpc) is 2.97. The van der Waals surface area contributed by atoms with E-state index in [0.717, 1.165) is 36.8 Å². The van der Waals surface area contributed by atoms with Crippen LogP contribution in [0.5, 0.6) is 0 Å². The maximum atomic E-state index is 6.16. The quantitative estimate of drug-likeness (QED) is 0.704. The van der Waals surface area contributed by atoms with E-state index in [1.165, 1.54) is 0 Å². The maximum Gasteiger partial charge on any atom is 0.240 e. The lowest BCUT2D eigenvalue weighted by molar-refractivity contribution is 0.217. The van der Waals surface area contributed by atoms with E-state index in [9.17, 15) is 0 Å². The summed E-state index contributed by atoms with van der Waals surface area (Å²) in [4.78, 5) is 9.06. The fourth-order valence-electron chi connectivity index (χ4n) is 2.40. The molecule has 0 unspecified atom stereocenters. The monoisotopic (exact) mass is 336 g/mol. The molecule has 126 valence electrons. The Balaban J connectivity index is 1.86. The van der Waals surface area contributed by atoms with Crippen molar-refractivity contribution in [1.29, 1.82) is 0 Å². The molecule has 0 aliphatic rings. The van der Waals surface area contributed by atoms with E-state index in [2.05, 4.69) is 40.8 Å². The molecule has 2 aromatic rings. The fraction of sp³-hybridized carbons (Fsp3) is 0.529. The van der Waals surface area contributed by atoms with Gasteiger partial charge >= 0.3 is 0 Å². The van der Waals surface area contributed by atoms with Crippen LogP contribution in [-0.4, -0.2) is 53.2 Å². The van der Waals surface area contributed by atoms with Crippen molar-refractivity contribution in [2.75, 3.05) is 33.2 Å². The van der Waals surface area contributed by atoms with E-state index in [-0.39, 0.29) is 0 Å². The normalized spacial score (nSPS) is 11.6. The molecular weight excluding hydrogens is 312 g/mol. The van der Waals surface area contributed by atoms with Crippen LogP contribution in [0.2, 0.25) is 5.02 Å². The van der Waals surface area contributed by atoms with Crippen LogP contribution >= 0.6 is 11.6 Å². The van der Waals surface area contributed by atoms with Gasteiger partial charge in [-0.2, -0.15) is 4.98 Å². The Morgan fingerprint density at radius 1 is 1.13 bits per heavy atom. The molecule has 1 aromatic heterocycles. The van der Waals surface area contributed by atoms with Crippen LogP contribution in [0.1, 0.15) is 31.1 Å². The third kappa shape index (κ3) is 5.61. The van der Waals surface area contributed by atoms with E-state index in [0.29, 0.717) is 24.7 Å². The van der Waals surface area contributed by atoms with Gasteiger partial charge < -0.3 is 9.42 Å². The fourth-order valence-corrected chi connectivity index (χ4v) is 2.60. The first-order chi connectivity index (χ1) is 11.1. The number of rotatable bonds is 9. The van der Waals surface area contributed by atoms with Gasteiger partial charge in [-0.05, 0) is 31.8 Å². The number of halogens is 1. The van der Waals surface area contributed by atoms with Gasteiger partial charge in [-0.1, -0.05) is 48.8 Å². The van der Waals surface area contributed by atoms with Crippen molar-refractivity contribution in [3.63, 3.8) is 0 Å². The van der Waals surface area contributed by atoms with Crippen molar-refractivity contribution >= 4 is 11.6 Å². The van der Waals surface area contributed by atoms with Gasteiger partial charge in [-0.3, -0.25) is 4.90 Å². The van der Waals surface area contributed by atoms with Gasteiger partial charge in [0.25, 0.3) is 0 Å². The Kier molecular flexibility index (Phi) is 7.02. The number of nitrogens with zero attached hydrogens (tertiary/aromatic N) is 4. The summed E-state index contributed by atoms with van der Waals surface area (Å²) in [5, 5.41) is 4.78. The van der Waals surface area contributed by atoms with Crippen LogP contribution in [-0.2, 0) is 13.0 Å². The minimum Gasteiger partial charge on any atom is -0.338 e. The number of hydrogen-bond donors (Lipinski definition) is 0. The van der Waals surface area contributed by atoms with Crippen LogP contribution in [0.3, 0.4) is 0 Å². The number of likely N-dealkylation sites (N-methyl/N-ethyl adjacent to an activating group) is 2. The molecule has 0 aliphatic heterocycles. The zero-order valence-corrected chi connectivity index (χ0v) is 14.9. The summed E-state index contributed by atoms with van der Waals surface area (Å²) in [6, 6.07) is 7.73. The Hall–Kier alpha value is -1.43. The topological polar surface area (TPSA) is 45.4 Å². The second kappa shape index (κ2) is 9.01. The molecule has 0 saturated heterocycles. The van der Waals surface area contributed by atoms with Gasteiger partial charge in [0, 0.05) is 24.5 Å². The third-order valence-corrected chi connectivity index (χ3v) is 4.28. The minimum atomic E-state index is 0.590. The lowest BCUT2D eigenvalue weighted by atomic mass is 10.1. The standard InChI is InChI=1S/C17H25ClN4O/c1-4-22(5-2)11-10-21(3)13-17-19-16(20-23-17)12-14-8-6-7-9-15(14)18/h6-9H,4-5,10-13H2,1-3H3. The van der Waals surface area contributed by atoms with Crippen molar-refractivity contribution in [1.82, 2.24) is 19.9 Å². The largest absolute Gasteiger partial charge is 0.338 e. The van der Waals surface area contributed by atoms with Crippen LogP contribution in [0.25, 0.3) is 0 Å². The predicted molar refractivity (Wildman–Crippen MR) is 92.7 cm³/mol. The van der Waals surface area contributed by atoms with Crippen LogP contribution < -0.4 is 0 Å². The van der Waals surface area contributed by atoms with Gasteiger partial charge in [-0.25, -0.2) is 0 Å². The average molecular weight is 337 g/mol. The molecule has 0 radical (unpaired) electrons. The van der Waals surface area contributed by atoms with Gasteiger partial charge in [0.1, 0.15) is 0 Å². The summed E-state index contributed by atoms with van der Waals surface area (Å²) in [7, 11) is 2.07. The van der Waals surface area contributed by atoms with Crippen LogP contribution in [0, 0.1) is 0 Å². The van der Waals surface area contributed by atoms with Gasteiger partial charge in [0.05, 0.1) is 6.54 Å². The molecular formula is C17H25ClN4O. The smallest absolute Gasteiger partial charge is 0.240 e. The van der Waals surface area contributed by atoms with Gasteiger partial charge in [0.15, 0.2) is 5.82 Å². The molecule has 2 rings (SSSR count). The first-order valence-corrected chi connectivity index (χ1v) is 8.46. The Morgan fingerprint density at radius 2 is 1.87 bits per heavy atom. The molecule has 0 atom stereocenters. The SMILES string of the molecule is CCN(CC)CCN(C)Cc1nc(Cc2ccccc2Cl)no1. The van der Waals surface area contributed by atoms with Gasteiger partial charge in [0.2, 0.25) is 5.89 Å². The highest BCUT2D eigenvalue weighted by molar-refractivity contribution is 6.31. The summed E-state index contributed by atoms with van der Waals surface area (Å²) >= 11 is 6.16. The van der Waals surface area contributed by atoms with E-state index < -0.39 is 0 Å². The molecule has 23 heavy (non-hydrogen) atoms. The highest BCUT2D eigenvalue weighted by Crippen LogP contribution is 2.17. The molecule has 0 saturated carbocycles. The zero-order chi connectivity index (χ0) is 16.7. The molecule has 0 fully saturated rings. The summed E-state index contributed by atoms with van der Waals surface area (Å²) in [6.45, 7) is 9.20. The van der Waals surface area contributed by atoms with Crippen molar-refractivity contribution in [3.8, 4) is 0 Å². The van der Waals surface area contributed by atoms with Crippen molar-refractivity contribution in [2.24, 2.45) is 0 Å². The first-order valence-electron chi connectivity index (χ1n) is 8.08. The summed E-state index contributed by atoms with van der Waals surface area (Å²) < 4.78 is 5.35. The zero-order valence-electron chi connectivity index (χ0n) is 14.1. The molecule has 1 heterocycles. The number of hydrogen-bond acceptors (Lipinski definition) is 5. The Labute approximate surface area is 143 Å². The maximum absolute atomic E-state index is 6.16. The number of aromatic nitrogens is 2. The third-order valence-electron chi connectivity index (χ3n) is 3.91. The first kappa shape index (κ1) is 17.9. The summed E-state index contributed by atoms with van der Waals surface area (Å²) in [5.41, 5.74) is 1.01. The lowest BCUT2D eigenvalue weighted by Gasteiger charge is -2.21. The molecule has 0 aliphatic carbocycles. The Morgan fingerprint density at radius 3 is 2.57 bits per heavy atom. The molecule has 0 spiro atoms.